The van der Waals surface area contributed by atoms with Crippen molar-refractivity contribution in [2.75, 3.05) is 25.4 Å². The van der Waals surface area contributed by atoms with Crippen LogP contribution in [0.5, 0.6) is 0 Å². The first-order valence-corrected chi connectivity index (χ1v) is 12.3. The first kappa shape index (κ1) is 22.6. The van der Waals surface area contributed by atoms with Gasteiger partial charge < -0.3 is 9.88 Å². The molecule has 7 heteroatoms. The van der Waals surface area contributed by atoms with E-state index in [9.17, 15) is 4.79 Å². The van der Waals surface area contributed by atoms with Gasteiger partial charge in [0.25, 0.3) is 0 Å². The van der Waals surface area contributed by atoms with Crippen LogP contribution >= 0.6 is 11.8 Å². The van der Waals surface area contributed by atoms with Crippen LogP contribution in [0.15, 0.2) is 59.8 Å². The topological polar surface area (TPSA) is 63.1 Å². The molecule has 1 N–H and O–H groups in total. The van der Waals surface area contributed by atoms with Gasteiger partial charge in [-0.05, 0) is 50.9 Å². The highest BCUT2D eigenvalue weighted by Crippen LogP contribution is 2.27. The van der Waals surface area contributed by atoms with Gasteiger partial charge in [-0.25, -0.2) is 0 Å². The van der Waals surface area contributed by atoms with E-state index in [1.165, 1.54) is 30.2 Å². The molecule has 0 radical (unpaired) electrons. The maximum atomic E-state index is 12.7. The highest BCUT2D eigenvalue weighted by atomic mass is 32.2. The van der Waals surface area contributed by atoms with Crippen LogP contribution in [0.25, 0.3) is 11.4 Å². The number of hydrogen-bond acceptors (Lipinski definition) is 5. The van der Waals surface area contributed by atoms with Gasteiger partial charge in [-0.15, -0.1) is 10.2 Å². The zero-order valence-corrected chi connectivity index (χ0v) is 19.6. The minimum Gasteiger partial charge on any atom is -0.353 e. The number of rotatable bonds is 9. The standard InChI is InChI=1S/C25H31N5OS/c1-3-30-24(21-14-8-7-11-19(21)2)27-28-25(30)32-18-23(31)26-17-22(29-15-9-10-16-29)20-12-5-4-6-13-20/h4-8,11-14,22H,3,9-10,15-18H2,1-2H3,(H,26,31). The summed E-state index contributed by atoms with van der Waals surface area (Å²) in [6, 6.07) is 18.9. The second kappa shape index (κ2) is 10.8. The summed E-state index contributed by atoms with van der Waals surface area (Å²) in [6.07, 6.45) is 2.45. The lowest BCUT2D eigenvalue weighted by Gasteiger charge is -2.28. The SMILES string of the molecule is CCn1c(SCC(=O)NCC(c2ccccc2)N2CCCC2)nnc1-c1ccccc1C. The normalized spacial score (nSPS) is 15.1. The van der Waals surface area contributed by atoms with E-state index in [1.54, 1.807) is 0 Å². The van der Waals surface area contributed by atoms with E-state index in [0.717, 1.165) is 41.7 Å². The molecule has 0 bridgehead atoms. The van der Waals surface area contributed by atoms with E-state index in [-0.39, 0.29) is 11.9 Å². The summed E-state index contributed by atoms with van der Waals surface area (Å²) in [5.74, 6) is 1.21. The minimum absolute atomic E-state index is 0.0261. The molecule has 1 unspecified atom stereocenters. The highest BCUT2D eigenvalue weighted by Gasteiger charge is 2.24. The van der Waals surface area contributed by atoms with Gasteiger partial charge in [-0.1, -0.05) is 66.4 Å². The number of carbonyl (C=O) groups is 1. The van der Waals surface area contributed by atoms with E-state index in [4.69, 9.17) is 0 Å². The largest absolute Gasteiger partial charge is 0.353 e. The number of amides is 1. The molecule has 3 aromatic rings. The summed E-state index contributed by atoms with van der Waals surface area (Å²) in [5.41, 5.74) is 3.50. The van der Waals surface area contributed by atoms with E-state index >= 15 is 0 Å². The van der Waals surface area contributed by atoms with Crippen LogP contribution in [0.4, 0.5) is 0 Å². The van der Waals surface area contributed by atoms with Crippen molar-refractivity contribution in [3.05, 3.63) is 65.7 Å². The molecule has 0 aliphatic carbocycles. The molecule has 4 rings (SSSR count). The molecule has 0 spiro atoms. The monoisotopic (exact) mass is 449 g/mol. The van der Waals surface area contributed by atoms with Crippen molar-refractivity contribution < 1.29 is 4.79 Å². The molecule has 1 aliphatic heterocycles. The third-order valence-electron chi connectivity index (χ3n) is 6.01. The molecule has 1 aromatic heterocycles. The number of aromatic nitrogens is 3. The summed E-state index contributed by atoms with van der Waals surface area (Å²) in [4.78, 5) is 15.2. The molecule has 1 atom stereocenters. The van der Waals surface area contributed by atoms with Crippen LogP contribution in [0.2, 0.25) is 0 Å². The third-order valence-corrected chi connectivity index (χ3v) is 6.98. The Bertz CT molecular complexity index is 1030. The van der Waals surface area contributed by atoms with Crippen LogP contribution < -0.4 is 5.32 Å². The number of hydrogen-bond donors (Lipinski definition) is 1. The summed E-state index contributed by atoms with van der Waals surface area (Å²) < 4.78 is 2.08. The summed E-state index contributed by atoms with van der Waals surface area (Å²) in [5, 5.41) is 12.7. The van der Waals surface area contributed by atoms with Gasteiger partial charge in [0.2, 0.25) is 5.91 Å². The molecular formula is C25H31N5OS. The maximum absolute atomic E-state index is 12.7. The highest BCUT2D eigenvalue weighted by molar-refractivity contribution is 7.99. The van der Waals surface area contributed by atoms with Crippen molar-refractivity contribution in [1.29, 1.82) is 0 Å². The first-order valence-electron chi connectivity index (χ1n) is 11.3. The van der Waals surface area contributed by atoms with Crippen LogP contribution in [-0.4, -0.2) is 51.0 Å². The molecule has 2 aromatic carbocycles. The van der Waals surface area contributed by atoms with Crippen LogP contribution in [0.1, 0.15) is 36.9 Å². The zero-order chi connectivity index (χ0) is 22.3. The molecule has 1 saturated heterocycles. The van der Waals surface area contributed by atoms with Crippen molar-refractivity contribution in [1.82, 2.24) is 25.0 Å². The lowest BCUT2D eigenvalue weighted by molar-refractivity contribution is -0.118. The number of likely N-dealkylation sites (tertiary alicyclic amines) is 1. The Hall–Kier alpha value is -2.64. The predicted octanol–water partition coefficient (Wildman–Crippen LogP) is 4.32. The fourth-order valence-electron chi connectivity index (χ4n) is 4.28. The lowest BCUT2D eigenvalue weighted by Crippen LogP contribution is -2.37. The fraction of sp³-hybridized carbons (Fsp3) is 0.400. The summed E-state index contributed by atoms with van der Waals surface area (Å²) in [6.45, 7) is 7.71. The van der Waals surface area contributed by atoms with Gasteiger partial charge in [0.05, 0.1) is 11.8 Å². The number of carbonyl (C=O) groups excluding carboxylic acids is 1. The second-order valence-electron chi connectivity index (χ2n) is 8.13. The molecule has 6 nitrogen and oxygen atoms in total. The van der Waals surface area contributed by atoms with E-state index in [0.29, 0.717) is 12.3 Å². The quantitative estimate of drug-likeness (QED) is 0.493. The molecule has 32 heavy (non-hydrogen) atoms. The molecule has 168 valence electrons. The van der Waals surface area contributed by atoms with Crippen molar-refractivity contribution >= 4 is 17.7 Å². The Morgan fingerprint density at radius 2 is 1.78 bits per heavy atom. The first-order chi connectivity index (χ1) is 15.7. The number of nitrogens with one attached hydrogen (secondary N) is 1. The van der Waals surface area contributed by atoms with Crippen molar-refractivity contribution in [2.45, 2.75) is 44.4 Å². The second-order valence-corrected chi connectivity index (χ2v) is 9.07. The van der Waals surface area contributed by atoms with E-state index in [2.05, 4.69) is 75.2 Å². The number of benzene rings is 2. The maximum Gasteiger partial charge on any atom is 0.230 e. The van der Waals surface area contributed by atoms with E-state index in [1.807, 2.05) is 18.2 Å². The number of thioether (sulfide) groups is 1. The molecule has 0 saturated carbocycles. The van der Waals surface area contributed by atoms with Gasteiger partial charge in [0.15, 0.2) is 11.0 Å². The van der Waals surface area contributed by atoms with Gasteiger partial charge in [0.1, 0.15) is 0 Å². The molecule has 1 aliphatic rings. The fourth-order valence-corrected chi connectivity index (χ4v) is 5.11. The molecule has 1 amide bonds. The van der Waals surface area contributed by atoms with Gasteiger partial charge in [-0.2, -0.15) is 0 Å². The molecule has 1 fully saturated rings. The Balaban J connectivity index is 1.38. The third kappa shape index (κ3) is 5.22. The van der Waals surface area contributed by atoms with E-state index < -0.39 is 0 Å². The Morgan fingerprint density at radius 1 is 1.06 bits per heavy atom. The lowest BCUT2D eigenvalue weighted by atomic mass is 10.1. The zero-order valence-electron chi connectivity index (χ0n) is 18.8. The number of aryl methyl sites for hydroxylation is 1. The Kier molecular flexibility index (Phi) is 7.60. The minimum atomic E-state index is 0.0261. The van der Waals surface area contributed by atoms with Gasteiger partial charge >= 0.3 is 0 Å². The van der Waals surface area contributed by atoms with Crippen LogP contribution in [-0.2, 0) is 11.3 Å². The average Bonchev–Trinajstić information content (AvgIpc) is 3.49. The van der Waals surface area contributed by atoms with Crippen LogP contribution in [0.3, 0.4) is 0 Å². The molecular weight excluding hydrogens is 418 g/mol. The van der Waals surface area contributed by atoms with Crippen molar-refractivity contribution in [3.63, 3.8) is 0 Å². The van der Waals surface area contributed by atoms with Crippen molar-refractivity contribution in [3.8, 4) is 11.4 Å². The Labute approximate surface area is 194 Å². The van der Waals surface area contributed by atoms with Gasteiger partial charge in [-0.3, -0.25) is 9.69 Å². The average molecular weight is 450 g/mol. The predicted molar refractivity (Wildman–Crippen MR) is 130 cm³/mol. The van der Waals surface area contributed by atoms with Gasteiger partial charge in [0, 0.05) is 18.7 Å². The van der Waals surface area contributed by atoms with Crippen molar-refractivity contribution in [2.24, 2.45) is 0 Å². The Morgan fingerprint density at radius 3 is 2.50 bits per heavy atom. The summed E-state index contributed by atoms with van der Waals surface area (Å²) in [7, 11) is 0. The van der Waals surface area contributed by atoms with Crippen LogP contribution in [0, 0.1) is 6.92 Å². The molecule has 2 heterocycles. The number of nitrogens with zero attached hydrogens (tertiary/aromatic N) is 4. The summed E-state index contributed by atoms with van der Waals surface area (Å²) >= 11 is 1.44. The smallest absolute Gasteiger partial charge is 0.230 e.